The van der Waals surface area contributed by atoms with Crippen molar-refractivity contribution in [2.75, 3.05) is 26.9 Å². The molecule has 0 unspecified atom stereocenters. The lowest BCUT2D eigenvalue weighted by Crippen LogP contribution is -2.20. The molecule has 2 aromatic carbocycles. The third-order valence-corrected chi connectivity index (χ3v) is 5.07. The van der Waals surface area contributed by atoms with Gasteiger partial charge in [-0.3, -0.25) is 4.79 Å². The summed E-state index contributed by atoms with van der Waals surface area (Å²) in [5.41, 5.74) is 4.23. The second-order valence-electron chi connectivity index (χ2n) is 7.16. The van der Waals surface area contributed by atoms with Crippen LogP contribution < -0.4 is 4.74 Å². The van der Waals surface area contributed by atoms with Crippen molar-refractivity contribution < 1.29 is 23.8 Å². The monoisotopic (exact) mass is 421 g/mol. The van der Waals surface area contributed by atoms with Gasteiger partial charge in [0.1, 0.15) is 5.75 Å². The summed E-state index contributed by atoms with van der Waals surface area (Å²) >= 11 is 0. The molecule has 1 aromatic heterocycles. The minimum absolute atomic E-state index is 0.241. The van der Waals surface area contributed by atoms with E-state index in [2.05, 4.69) is 0 Å². The van der Waals surface area contributed by atoms with E-state index in [-0.39, 0.29) is 19.0 Å². The van der Waals surface area contributed by atoms with Crippen LogP contribution in [0.4, 0.5) is 0 Å². The Balaban J connectivity index is 1.57. The number of aromatic nitrogens is 1. The summed E-state index contributed by atoms with van der Waals surface area (Å²) in [7, 11) is 1.64. The third-order valence-electron chi connectivity index (χ3n) is 5.07. The van der Waals surface area contributed by atoms with Crippen LogP contribution in [0.1, 0.15) is 21.7 Å². The predicted molar refractivity (Wildman–Crippen MR) is 118 cm³/mol. The first-order chi connectivity index (χ1) is 15.0. The van der Waals surface area contributed by atoms with Crippen LogP contribution in [0.15, 0.2) is 60.7 Å². The van der Waals surface area contributed by atoms with Gasteiger partial charge in [-0.05, 0) is 31.5 Å². The number of Topliss-reactive ketones (excluding diaryl/α,β-unsaturated/α-hetero) is 1. The molecule has 162 valence electrons. The van der Waals surface area contributed by atoms with Gasteiger partial charge in [-0.15, -0.1) is 0 Å². The number of aryl methyl sites for hydroxylation is 1. The van der Waals surface area contributed by atoms with Gasteiger partial charge in [-0.2, -0.15) is 0 Å². The highest BCUT2D eigenvalue weighted by Crippen LogP contribution is 2.29. The van der Waals surface area contributed by atoms with Gasteiger partial charge in [-0.1, -0.05) is 48.5 Å². The van der Waals surface area contributed by atoms with Gasteiger partial charge in [-0.25, -0.2) is 4.79 Å². The summed E-state index contributed by atoms with van der Waals surface area (Å²) in [4.78, 5) is 24.7. The highest BCUT2D eigenvalue weighted by molar-refractivity contribution is 5.99. The topological polar surface area (TPSA) is 66.8 Å². The maximum Gasteiger partial charge on any atom is 0.344 e. The number of benzene rings is 2. The molecule has 0 aliphatic carbocycles. The molecular formula is C25H27NO5. The Labute approximate surface area is 182 Å². The van der Waals surface area contributed by atoms with Gasteiger partial charge in [0.15, 0.2) is 13.2 Å². The molecule has 6 heteroatoms. The summed E-state index contributed by atoms with van der Waals surface area (Å²) in [6.45, 7) is 4.43. The number of ketones is 1. The number of esters is 1. The molecule has 0 aliphatic heterocycles. The van der Waals surface area contributed by atoms with Crippen molar-refractivity contribution in [3.05, 3.63) is 77.6 Å². The molecule has 3 aromatic rings. The number of carbonyl (C=O) groups is 2. The Hall–Kier alpha value is -3.38. The van der Waals surface area contributed by atoms with E-state index >= 15 is 0 Å². The van der Waals surface area contributed by atoms with E-state index in [1.165, 1.54) is 0 Å². The number of rotatable bonds is 10. The normalized spacial score (nSPS) is 10.7. The maximum absolute atomic E-state index is 12.6. The zero-order chi connectivity index (χ0) is 22.2. The van der Waals surface area contributed by atoms with Crippen LogP contribution in [-0.2, 0) is 20.8 Å². The first-order valence-electron chi connectivity index (χ1n) is 10.1. The average Bonchev–Trinajstić information content (AvgIpc) is 3.08. The van der Waals surface area contributed by atoms with Gasteiger partial charge >= 0.3 is 5.97 Å². The molecule has 0 amide bonds. The first kappa shape index (κ1) is 22.3. The second-order valence-corrected chi connectivity index (χ2v) is 7.16. The summed E-state index contributed by atoms with van der Waals surface area (Å²) < 4.78 is 18.0. The molecule has 0 saturated carbocycles. The van der Waals surface area contributed by atoms with Crippen LogP contribution in [0.25, 0.3) is 11.1 Å². The number of carbonyl (C=O) groups excluding carboxylic acids is 2. The Morgan fingerprint density at radius 1 is 0.935 bits per heavy atom. The average molecular weight is 421 g/mol. The fourth-order valence-electron chi connectivity index (χ4n) is 3.46. The fourth-order valence-corrected chi connectivity index (χ4v) is 3.46. The number of para-hydroxylation sites is 1. The maximum atomic E-state index is 12.6. The van der Waals surface area contributed by atoms with Crippen molar-refractivity contribution in [2.45, 2.75) is 20.4 Å². The number of ether oxygens (including phenoxy) is 3. The van der Waals surface area contributed by atoms with Crippen molar-refractivity contribution in [1.82, 2.24) is 4.57 Å². The van der Waals surface area contributed by atoms with E-state index in [1.807, 2.05) is 73.0 Å². The van der Waals surface area contributed by atoms with Crippen LogP contribution >= 0.6 is 0 Å². The number of hydrogen-bond donors (Lipinski definition) is 0. The minimum Gasteiger partial charge on any atom is -0.481 e. The zero-order valence-corrected chi connectivity index (χ0v) is 18.1. The quantitative estimate of drug-likeness (QED) is 0.362. The second kappa shape index (κ2) is 10.6. The molecule has 3 rings (SSSR count). The van der Waals surface area contributed by atoms with Crippen LogP contribution in [0.5, 0.6) is 5.75 Å². The Morgan fingerprint density at radius 3 is 2.39 bits per heavy atom. The first-order valence-corrected chi connectivity index (χ1v) is 10.1. The van der Waals surface area contributed by atoms with Gasteiger partial charge in [0.2, 0.25) is 5.78 Å². The SMILES string of the molecule is COCCn1c(C)cc(C(=O)COC(=O)COc2ccccc2-c2ccccc2)c1C. The molecule has 0 saturated heterocycles. The fraction of sp³-hybridized carbons (Fsp3) is 0.280. The molecule has 0 fully saturated rings. The van der Waals surface area contributed by atoms with Crippen LogP contribution in [0.3, 0.4) is 0 Å². The van der Waals surface area contributed by atoms with Crippen molar-refractivity contribution in [2.24, 2.45) is 0 Å². The Kier molecular flexibility index (Phi) is 7.62. The molecule has 0 spiro atoms. The molecule has 0 radical (unpaired) electrons. The standard InChI is InChI=1S/C25H27NO5/c1-18-15-22(19(2)26(18)13-14-29-3)23(27)16-31-25(28)17-30-24-12-8-7-11-21(24)20-9-5-4-6-10-20/h4-12,15H,13-14,16-17H2,1-3H3. The van der Waals surface area contributed by atoms with E-state index in [1.54, 1.807) is 13.2 Å². The minimum atomic E-state index is -0.593. The van der Waals surface area contributed by atoms with Crippen LogP contribution in [0.2, 0.25) is 0 Å². The Bertz CT molecular complexity index is 1040. The van der Waals surface area contributed by atoms with E-state index < -0.39 is 5.97 Å². The third kappa shape index (κ3) is 5.61. The predicted octanol–water partition coefficient (Wildman–Crippen LogP) is 4.22. The molecule has 0 aliphatic rings. The molecule has 0 N–H and O–H groups in total. The largest absolute Gasteiger partial charge is 0.481 e. The van der Waals surface area contributed by atoms with Gasteiger partial charge in [0, 0.05) is 36.2 Å². The van der Waals surface area contributed by atoms with Gasteiger partial charge in [0.25, 0.3) is 0 Å². The van der Waals surface area contributed by atoms with Crippen molar-refractivity contribution in [1.29, 1.82) is 0 Å². The zero-order valence-electron chi connectivity index (χ0n) is 18.1. The van der Waals surface area contributed by atoms with E-state index in [0.29, 0.717) is 24.5 Å². The van der Waals surface area contributed by atoms with E-state index in [4.69, 9.17) is 14.2 Å². The van der Waals surface area contributed by atoms with Gasteiger partial charge in [0.05, 0.1) is 6.61 Å². The molecule has 31 heavy (non-hydrogen) atoms. The lowest BCUT2D eigenvalue weighted by Gasteiger charge is -2.11. The van der Waals surface area contributed by atoms with Crippen LogP contribution in [0, 0.1) is 13.8 Å². The molecular weight excluding hydrogens is 394 g/mol. The molecule has 6 nitrogen and oxygen atoms in total. The highest BCUT2D eigenvalue weighted by Gasteiger charge is 2.18. The summed E-state index contributed by atoms with van der Waals surface area (Å²) in [6.07, 6.45) is 0. The lowest BCUT2D eigenvalue weighted by molar-refractivity contribution is -0.144. The van der Waals surface area contributed by atoms with Crippen molar-refractivity contribution >= 4 is 11.8 Å². The molecule has 0 atom stereocenters. The van der Waals surface area contributed by atoms with Crippen molar-refractivity contribution in [3.8, 4) is 16.9 Å². The lowest BCUT2D eigenvalue weighted by atomic mass is 10.1. The summed E-state index contributed by atoms with van der Waals surface area (Å²) in [6, 6.07) is 19.1. The van der Waals surface area contributed by atoms with Gasteiger partial charge < -0.3 is 18.8 Å². The molecule has 0 bridgehead atoms. The number of nitrogens with zero attached hydrogens (tertiary/aromatic N) is 1. The summed E-state index contributed by atoms with van der Waals surface area (Å²) in [5.74, 6) is -0.252. The van der Waals surface area contributed by atoms with Crippen molar-refractivity contribution in [3.63, 3.8) is 0 Å². The highest BCUT2D eigenvalue weighted by atomic mass is 16.6. The van der Waals surface area contributed by atoms with E-state index in [9.17, 15) is 9.59 Å². The number of hydrogen-bond acceptors (Lipinski definition) is 5. The number of methoxy groups -OCH3 is 1. The smallest absolute Gasteiger partial charge is 0.344 e. The van der Waals surface area contributed by atoms with E-state index in [0.717, 1.165) is 22.5 Å². The Morgan fingerprint density at radius 2 is 1.65 bits per heavy atom. The van der Waals surface area contributed by atoms with Crippen LogP contribution in [-0.4, -0.2) is 43.3 Å². The summed E-state index contributed by atoms with van der Waals surface area (Å²) in [5, 5.41) is 0. The molecule has 1 heterocycles.